The zero-order valence-corrected chi connectivity index (χ0v) is 11.8. The number of nitrogens with zero attached hydrogens (tertiary/aromatic N) is 1. The molecule has 0 saturated heterocycles. The predicted octanol–water partition coefficient (Wildman–Crippen LogP) is 2.11. The van der Waals surface area contributed by atoms with Crippen LogP contribution in [0.5, 0.6) is 5.75 Å². The van der Waals surface area contributed by atoms with Gasteiger partial charge in [-0.25, -0.2) is 4.98 Å². The van der Waals surface area contributed by atoms with Crippen LogP contribution in [0.4, 0.5) is 0 Å². The van der Waals surface area contributed by atoms with Crippen LogP contribution in [0.15, 0.2) is 30.7 Å². The molecule has 0 bridgehead atoms. The number of hydrogen-bond acceptors (Lipinski definition) is 3. The van der Waals surface area contributed by atoms with Crippen LogP contribution in [0.3, 0.4) is 0 Å². The monoisotopic (exact) mass is 273 g/mol. The molecule has 106 valence electrons. The highest BCUT2D eigenvalue weighted by atomic mass is 16.5. The Bertz CT molecular complexity index is 544. The Morgan fingerprint density at radius 1 is 1.35 bits per heavy atom. The number of carbonyl (C=O) groups excluding carboxylic acids is 1. The van der Waals surface area contributed by atoms with Crippen molar-refractivity contribution in [3.63, 3.8) is 0 Å². The van der Waals surface area contributed by atoms with E-state index in [0.29, 0.717) is 19.6 Å². The lowest BCUT2D eigenvalue weighted by atomic mass is 10.1. The first-order valence-corrected chi connectivity index (χ1v) is 6.60. The number of H-pyrrole nitrogens is 1. The number of ether oxygens (including phenoxy) is 1. The number of carbonyl (C=O) groups is 1. The lowest BCUT2D eigenvalue weighted by Gasteiger charge is -2.11. The Morgan fingerprint density at radius 2 is 2.10 bits per heavy atom. The van der Waals surface area contributed by atoms with Crippen LogP contribution in [0, 0.1) is 13.8 Å². The molecular weight excluding hydrogens is 254 g/mol. The minimum absolute atomic E-state index is 0.0363. The maximum atomic E-state index is 11.7. The second-order valence-electron chi connectivity index (χ2n) is 4.67. The first kappa shape index (κ1) is 14.1. The second kappa shape index (κ2) is 6.75. The molecule has 0 spiro atoms. The van der Waals surface area contributed by atoms with Gasteiger partial charge in [0.05, 0.1) is 31.6 Å². The van der Waals surface area contributed by atoms with E-state index < -0.39 is 0 Å². The molecule has 0 atom stereocenters. The third kappa shape index (κ3) is 3.85. The van der Waals surface area contributed by atoms with Crippen molar-refractivity contribution in [1.82, 2.24) is 15.3 Å². The van der Waals surface area contributed by atoms with E-state index >= 15 is 0 Å². The van der Waals surface area contributed by atoms with Crippen molar-refractivity contribution in [2.24, 2.45) is 0 Å². The van der Waals surface area contributed by atoms with Crippen molar-refractivity contribution in [2.75, 3.05) is 6.61 Å². The van der Waals surface area contributed by atoms with Gasteiger partial charge in [-0.1, -0.05) is 18.2 Å². The molecule has 2 aromatic rings. The molecule has 0 aliphatic rings. The summed E-state index contributed by atoms with van der Waals surface area (Å²) in [6.07, 6.45) is 3.61. The fourth-order valence-electron chi connectivity index (χ4n) is 1.94. The fourth-order valence-corrected chi connectivity index (χ4v) is 1.94. The van der Waals surface area contributed by atoms with Crippen LogP contribution in [-0.4, -0.2) is 22.5 Å². The Kier molecular flexibility index (Phi) is 4.76. The summed E-state index contributed by atoms with van der Waals surface area (Å²) in [6.45, 7) is 4.84. The lowest BCUT2D eigenvalue weighted by molar-refractivity contribution is -0.121. The van der Waals surface area contributed by atoms with Crippen molar-refractivity contribution in [1.29, 1.82) is 0 Å². The molecule has 5 heteroatoms. The number of benzene rings is 1. The summed E-state index contributed by atoms with van der Waals surface area (Å²) in [4.78, 5) is 18.5. The summed E-state index contributed by atoms with van der Waals surface area (Å²) in [7, 11) is 0. The van der Waals surface area contributed by atoms with Crippen LogP contribution >= 0.6 is 0 Å². The number of aromatic nitrogens is 2. The van der Waals surface area contributed by atoms with Gasteiger partial charge in [-0.15, -0.1) is 0 Å². The molecular formula is C15H19N3O2. The molecule has 1 amide bonds. The van der Waals surface area contributed by atoms with Gasteiger partial charge in [0.1, 0.15) is 5.75 Å². The highest BCUT2D eigenvalue weighted by Gasteiger charge is 2.06. The highest BCUT2D eigenvalue weighted by Crippen LogP contribution is 2.22. The molecule has 0 aliphatic carbocycles. The van der Waals surface area contributed by atoms with Gasteiger partial charge in [0.25, 0.3) is 0 Å². The third-order valence-electron chi connectivity index (χ3n) is 3.02. The summed E-state index contributed by atoms with van der Waals surface area (Å²) < 4.78 is 5.69. The van der Waals surface area contributed by atoms with Gasteiger partial charge in [-0.2, -0.15) is 0 Å². The van der Waals surface area contributed by atoms with Gasteiger partial charge in [0.15, 0.2) is 0 Å². The average molecular weight is 273 g/mol. The van der Waals surface area contributed by atoms with Crippen molar-refractivity contribution in [2.45, 2.75) is 26.8 Å². The molecule has 1 aromatic heterocycles. The Morgan fingerprint density at radius 3 is 2.75 bits per heavy atom. The largest absolute Gasteiger partial charge is 0.493 e. The third-order valence-corrected chi connectivity index (χ3v) is 3.02. The maximum Gasteiger partial charge on any atom is 0.223 e. The zero-order chi connectivity index (χ0) is 14.4. The minimum atomic E-state index is -0.0363. The van der Waals surface area contributed by atoms with E-state index in [2.05, 4.69) is 15.3 Å². The molecule has 2 rings (SSSR count). The smallest absolute Gasteiger partial charge is 0.223 e. The lowest BCUT2D eigenvalue weighted by Crippen LogP contribution is -2.24. The second-order valence-corrected chi connectivity index (χ2v) is 4.67. The van der Waals surface area contributed by atoms with E-state index in [1.54, 1.807) is 12.5 Å². The van der Waals surface area contributed by atoms with E-state index in [-0.39, 0.29) is 5.91 Å². The molecule has 2 N–H and O–H groups in total. The Labute approximate surface area is 118 Å². The normalized spacial score (nSPS) is 10.3. The summed E-state index contributed by atoms with van der Waals surface area (Å²) in [5.74, 6) is 0.833. The predicted molar refractivity (Wildman–Crippen MR) is 76.5 cm³/mol. The Hall–Kier alpha value is -2.30. The van der Waals surface area contributed by atoms with Crippen molar-refractivity contribution < 1.29 is 9.53 Å². The van der Waals surface area contributed by atoms with Crippen LogP contribution in [0.2, 0.25) is 0 Å². The summed E-state index contributed by atoms with van der Waals surface area (Å²) in [5, 5.41) is 2.81. The summed E-state index contributed by atoms with van der Waals surface area (Å²) in [6, 6.07) is 6.00. The van der Waals surface area contributed by atoms with Gasteiger partial charge >= 0.3 is 0 Å². The van der Waals surface area contributed by atoms with Crippen LogP contribution in [0.25, 0.3) is 0 Å². The van der Waals surface area contributed by atoms with Crippen LogP contribution in [0.1, 0.15) is 23.2 Å². The van der Waals surface area contributed by atoms with Gasteiger partial charge < -0.3 is 15.0 Å². The topological polar surface area (TPSA) is 67.0 Å². The highest BCUT2D eigenvalue weighted by molar-refractivity contribution is 5.75. The average Bonchev–Trinajstić information content (AvgIpc) is 2.93. The first-order valence-electron chi connectivity index (χ1n) is 6.60. The maximum absolute atomic E-state index is 11.7. The number of aryl methyl sites for hydroxylation is 2. The van der Waals surface area contributed by atoms with E-state index in [9.17, 15) is 4.79 Å². The molecule has 0 aliphatic heterocycles. The molecule has 0 radical (unpaired) electrons. The van der Waals surface area contributed by atoms with E-state index in [1.165, 1.54) is 0 Å². The summed E-state index contributed by atoms with van der Waals surface area (Å²) >= 11 is 0. The molecule has 20 heavy (non-hydrogen) atoms. The number of hydrogen-bond donors (Lipinski definition) is 2. The fraction of sp³-hybridized carbons (Fsp3) is 0.333. The SMILES string of the molecule is Cc1cccc(C)c1OCCC(=O)NCc1cnc[nH]1. The summed E-state index contributed by atoms with van der Waals surface area (Å²) in [5.41, 5.74) is 3.06. The molecule has 5 nitrogen and oxygen atoms in total. The molecule has 0 saturated carbocycles. The number of amides is 1. The van der Waals surface area contributed by atoms with Gasteiger partial charge in [0.2, 0.25) is 5.91 Å². The number of nitrogens with one attached hydrogen (secondary N) is 2. The number of rotatable bonds is 6. The van der Waals surface area contributed by atoms with Crippen molar-refractivity contribution >= 4 is 5.91 Å². The van der Waals surface area contributed by atoms with Gasteiger partial charge in [0, 0.05) is 6.20 Å². The van der Waals surface area contributed by atoms with Crippen molar-refractivity contribution in [3.05, 3.63) is 47.5 Å². The van der Waals surface area contributed by atoms with E-state index in [1.807, 2.05) is 32.0 Å². The molecule has 0 fully saturated rings. The van der Waals surface area contributed by atoms with E-state index in [0.717, 1.165) is 22.6 Å². The van der Waals surface area contributed by atoms with E-state index in [4.69, 9.17) is 4.74 Å². The van der Waals surface area contributed by atoms with Gasteiger partial charge in [-0.05, 0) is 25.0 Å². The Balaban J connectivity index is 1.74. The first-order chi connectivity index (χ1) is 9.66. The zero-order valence-electron chi connectivity index (χ0n) is 11.8. The molecule has 1 heterocycles. The number of para-hydroxylation sites is 1. The van der Waals surface area contributed by atoms with Crippen LogP contribution in [-0.2, 0) is 11.3 Å². The standard InChI is InChI=1S/C15H19N3O2/c1-11-4-3-5-12(2)15(11)20-7-6-14(19)17-9-13-8-16-10-18-13/h3-5,8,10H,6-7,9H2,1-2H3,(H,16,18)(H,17,19). The minimum Gasteiger partial charge on any atom is -0.493 e. The molecule has 1 aromatic carbocycles. The van der Waals surface area contributed by atoms with Crippen LogP contribution < -0.4 is 10.1 Å². The van der Waals surface area contributed by atoms with Crippen molar-refractivity contribution in [3.8, 4) is 5.75 Å². The number of aromatic amines is 1. The number of imidazole rings is 1. The van der Waals surface area contributed by atoms with Gasteiger partial charge in [-0.3, -0.25) is 4.79 Å². The quantitative estimate of drug-likeness (QED) is 0.847. The molecule has 0 unspecified atom stereocenters.